The monoisotopic (exact) mass is 373 g/mol. The molecule has 0 bridgehead atoms. The van der Waals surface area contributed by atoms with Gasteiger partial charge in [0.2, 0.25) is 0 Å². The van der Waals surface area contributed by atoms with Crippen molar-refractivity contribution >= 4 is 27.0 Å². The highest BCUT2D eigenvalue weighted by Gasteiger charge is 2.28. The molecular formula is C17H15N3O3S2. The van der Waals surface area contributed by atoms with Crippen LogP contribution in [0, 0.1) is 32.1 Å². The van der Waals surface area contributed by atoms with Crippen molar-refractivity contribution in [3.63, 3.8) is 0 Å². The number of anilines is 1. The molecule has 3 aromatic rings. The fourth-order valence-corrected chi connectivity index (χ4v) is 5.53. The SMILES string of the molecule is Cc1cc(-c2c(C)sc(C)c2S(=O)(=O)Nc2cccc(C#N)c2)on1. The van der Waals surface area contributed by atoms with Crippen molar-refractivity contribution in [1.29, 1.82) is 5.26 Å². The van der Waals surface area contributed by atoms with Crippen LogP contribution in [0.2, 0.25) is 0 Å². The molecule has 0 amide bonds. The third kappa shape index (κ3) is 3.29. The van der Waals surface area contributed by atoms with Crippen LogP contribution in [0.3, 0.4) is 0 Å². The number of hydrogen-bond acceptors (Lipinski definition) is 6. The summed E-state index contributed by atoms with van der Waals surface area (Å²) in [5.41, 5.74) is 1.91. The molecule has 2 heterocycles. The number of nitriles is 1. The standard InChI is InChI=1S/C17H15N3O3S2/c1-10-7-15(23-19-10)16-11(2)24-12(3)17(16)25(21,22)20-14-6-4-5-13(8-14)9-18/h4-8,20H,1-3H3. The summed E-state index contributed by atoms with van der Waals surface area (Å²) in [4.78, 5) is 1.67. The minimum atomic E-state index is -3.85. The van der Waals surface area contributed by atoms with Crippen LogP contribution in [0.4, 0.5) is 5.69 Å². The molecule has 0 saturated carbocycles. The molecular weight excluding hydrogens is 358 g/mol. The fourth-order valence-electron chi connectivity index (χ4n) is 2.61. The molecule has 1 N–H and O–H groups in total. The maximum atomic E-state index is 13.0. The van der Waals surface area contributed by atoms with Crippen LogP contribution in [0.15, 0.2) is 39.8 Å². The van der Waals surface area contributed by atoms with E-state index in [0.29, 0.717) is 33.1 Å². The third-order valence-electron chi connectivity index (χ3n) is 3.59. The molecule has 0 saturated heterocycles. The Balaban J connectivity index is 2.10. The molecule has 2 aromatic heterocycles. The Morgan fingerprint density at radius 3 is 2.60 bits per heavy atom. The lowest BCUT2D eigenvalue weighted by atomic mass is 10.2. The van der Waals surface area contributed by atoms with Crippen molar-refractivity contribution in [2.24, 2.45) is 0 Å². The molecule has 0 aliphatic carbocycles. The number of aromatic nitrogens is 1. The summed E-state index contributed by atoms with van der Waals surface area (Å²) in [5.74, 6) is 0.422. The Labute approximate surface area is 149 Å². The summed E-state index contributed by atoms with van der Waals surface area (Å²) in [7, 11) is -3.85. The van der Waals surface area contributed by atoms with E-state index in [1.165, 1.54) is 17.4 Å². The number of benzene rings is 1. The van der Waals surface area contributed by atoms with Gasteiger partial charge in [0.05, 0.1) is 28.6 Å². The van der Waals surface area contributed by atoms with Crippen LogP contribution < -0.4 is 4.72 Å². The summed E-state index contributed by atoms with van der Waals surface area (Å²) < 4.78 is 33.8. The Bertz CT molecular complexity index is 1090. The zero-order chi connectivity index (χ0) is 18.2. The number of nitrogens with one attached hydrogen (secondary N) is 1. The molecule has 0 aliphatic rings. The molecule has 8 heteroatoms. The van der Waals surface area contributed by atoms with Gasteiger partial charge in [-0.2, -0.15) is 5.26 Å². The van der Waals surface area contributed by atoms with Crippen molar-refractivity contribution in [2.75, 3.05) is 4.72 Å². The van der Waals surface area contributed by atoms with Crippen LogP contribution in [-0.4, -0.2) is 13.6 Å². The van der Waals surface area contributed by atoms with Crippen molar-refractivity contribution in [2.45, 2.75) is 25.7 Å². The number of rotatable bonds is 4. The van der Waals surface area contributed by atoms with Crippen molar-refractivity contribution in [1.82, 2.24) is 5.16 Å². The summed E-state index contributed by atoms with van der Waals surface area (Å²) >= 11 is 1.39. The van der Waals surface area contributed by atoms with Gasteiger partial charge in [-0.25, -0.2) is 8.42 Å². The number of aryl methyl sites for hydroxylation is 3. The average Bonchev–Trinajstić information content (AvgIpc) is 3.09. The van der Waals surface area contributed by atoms with Gasteiger partial charge in [-0.1, -0.05) is 11.2 Å². The molecule has 0 fully saturated rings. The summed E-state index contributed by atoms with van der Waals surface area (Å²) in [5, 5.41) is 12.8. The summed E-state index contributed by atoms with van der Waals surface area (Å²) in [6.45, 7) is 5.38. The number of thiophene rings is 1. The smallest absolute Gasteiger partial charge is 0.263 e. The van der Waals surface area contributed by atoms with Crippen molar-refractivity contribution in [3.8, 4) is 17.4 Å². The van der Waals surface area contributed by atoms with Gasteiger partial charge in [0.15, 0.2) is 5.76 Å². The lowest BCUT2D eigenvalue weighted by molar-refractivity contribution is 0.426. The van der Waals surface area contributed by atoms with Crippen LogP contribution >= 0.6 is 11.3 Å². The van der Waals surface area contributed by atoms with E-state index in [1.807, 2.05) is 13.0 Å². The number of hydrogen-bond donors (Lipinski definition) is 1. The van der Waals surface area contributed by atoms with Gasteiger partial charge >= 0.3 is 0 Å². The van der Waals surface area contributed by atoms with E-state index in [1.54, 1.807) is 38.1 Å². The van der Waals surface area contributed by atoms with Gasteiger partial charge in [-0.15, -0.1) is 11.3 Å². The maximum absolute atomic E-state index is 13.0. The van der Waals surface area contributed by atoms with Crippen molar-refractivity contribution in [3.05, 3.63) is 51.3 Å². The summed E-state index contributed by atoms with van der Waals surface area (Å²) in [6.07, 6.45) is 0. The number of sulfonamides is 1. The van der Waals surface area contributed by atoms with Crippen LogP contribution in [0.1, 0.15) is 21.0 Å². The van der Waals surface area contributed by atoms with Gasteiger partial charge < -0.3 is 4.52 Å². The zero-order valence-corrected chi connectivity index (χ0v) is 15.5. The Kier molecular flexibility index (Phi) is 4.37. The quantitative estimate of drug-likeness (QED) is 0.745. The zero-order valence-electron chi connectivity index (χ0n) is 13.8. The van der Waals surface area contributed by atoms with Crippen molar-refractivity contribution < 1.29 is 12.9 Å². The van der Waals surface area contributed by atoms with Crippen LogP contribution in [-0.2, 0) is 10.0 Å². The van der Waals surface area contributed by atoms with E-state index in [0.717, 1.165) is 4.88 Å². The molecule has 6 nitrogen and oxygen atoms in total. The predicted molar refractivity (Wildman–Crippen MR) is 96.0 cm³/mol. The second kappa shape index (κ2) is 6.35. The molecule has 25 heavy (non-hydrogen) atoms. The molecule has 128 valence electrons. The van der Waals surface area contributed by atoms with Crippen LogP contribution in [0.25, 0.3) is 11.3 Å². The van der Waals surface area contributed by atoms with Gasteiger partial charge in [0, 0.05) is 15.8 Å². The molecule has 0 spiro atoms. The maximum Gasteiger partial charge on any atom is 0.263 e. The molecule has 0 aliphatic heterocycles. The highest BCUT2D eigenvalue weighted by Crippen LogP contribution is 2.39. The van der Waals surface area contributed by atoms with Gasteiger partial charge in [-0.05, 0) is 39.0 Å². The molecule has 0 unspecified atom stereocenters. The van der Waals surface area contributed by atoms with E-state index in [9.17, 15) is 8.42 Å². The normalized spacial score (nSPS) is 11.3. The first-order valence-corrected chi connectivity index (χ1v) is 9.68. The molecule has 1 aromatic carbocycles. The van der Waals surface area contributed by atoms with E-state index in [4.69, 9.17) is 9.78 Å². The van der Waals surface area contributed by atoms with E-state index >= 15 is 0 Å². The molecule has 0 atom stereocenters. The highest BCUT2D eigenvalue weighted by atomic mass is 32.2. The third-order valence-corrected chi connectivity index (χ3v) is 6.29. The first kappa shape index (κ1) is 17.2. The Morgan fingerprint density at radius 2 is 1.96 bits per heavy atom. The average molecular weight is 373 g/mol. The minimum absolute atomic E-state index is 0.175. The lowest BCUT2D eigenvalue weighted by Gasteiger charge is -2.10. The minimum Gasteiger partial charge on any atom is -0.356 e. The first-order chi connectivity index (χ1) is 11.8. The molecule has 0 radical (unpaired) electrons. The lowest BCUT2D eigenvalue weighted by Crippen LogP contribution is -2.14. The molecule has 3 rings (SSSR count). The fraction of sp³-hybridized carbons (Fsp3) is 0.176. The van der Waals surface area contributed by atoms with Gasteiger partial charge in [-0.3, -0.25) is 4.72 Å². The second-order valence-corrected chi connectivity index (χ2v) is 8.60. The largest absolute Gasteiger partial charge is 0.356 e. The first-order valence-electron chi connectivity index (χ1n) is 7.38. The van der Waals surface area contributed by atoms with Crippen LogP contribution in [0.5, 0.6) is 0 Å². The van der Waals surface area contributed by atoms with Gasteiger partial charge in [0.1, 0.15) is 4.90 Å². The summed E-state index contributed by atoms with van der Waals surface area (Å²) in [6, 6.07) is 10.0. The Hall–Kier alpha value is -2.63. The topological polar surface area (TPSA) is 96.0 Å². The van der Waals surface area contributed by atoms with E-state index in [2.05, 4.69) is 9.88 Å². The Morgan fingerprint density at radius 1 is 1.20 bits per heavy atom. The van der Waals surface area contributed by atoms with E-state index < -0.39 is 10.0 Å². The highest BCUT2D eigenvalue weighted by molar-refractivity contribution is 7.93. The van der Waals surface area contributed by atoms with Gasteiger partial charge in [0.25, 0.3) is 10.0 Å². The predicted octanol–water partition coefficient (Wildman–Crippen LogP) is 4.00. The number of nitrogens with zero attached hydrogens (tertiary/aromatic N) is 2. The van der Waals surface area contributed by atoms with E-state index in [-0.39, 0.29) is 4.90 Å². The second-order valence-electron chi connectivity index (χ2n) is 5.55.